The third kappa shape index (κ3) is 5.04. The van der Waals surface area contributed by atoms with Gasteiger partial charge in [0.05, 0.1) is 32.1 Å². The maximum Gasteiger partial charge on any atom is 0.570 e. The summed E-state index contributed by atoms with van der Waals surface area (Å²) < 4.78 is 58.0. The lowest BCUT2D eigenvalue weighted by atomic mass is 9.85. The summed E-state index contributed by atoms with van der Waals surface area (Å²) in [5, 5.41) is 10.1. The number of rotatable bonds is 6. The van der Waals surface area contributed by atoms with E-state index in [9.17, 15) is 5.26 Å². The minimum absolute atomic E-state index is 0.0473. The average Bonchev–Trinajstić information content (AvgIpc) is 3.61. The van der Waals surface area contributed by atoms with Crippen LogP contribution < -0.4 is 18.9 Å². The number of benzene rings is 3. The Morgan fingerprint density at radius 1 is 0.848 bits per heavy atom. The molecule has 10 heteroatoms. The monoisotopic (exact) mass is 619 g/mol. The fraction of sp³-hybridized carbons (Fsp3) is 0.194. The Morgan fingerprint density at radius 2 is 1.39 bits per heavy atom. The van der Waals surface area contributed by atoms with E-state index in [0.717, 1.165) is 5.56 Å². The average molecular weight is 620 g/mol. The molecule has 0 radical (unpaired) electrons. The van der Waals surface area contributed by atoms with Gasteiger partial charge in [-0.25, -0.2) is 4.85 Å². The van der Waals surface area contributed by atoms with E-state index in [1.807, 2.05) is 30.3 Å². The van der Waals surface area contributed by atoms with Crippen LogP contribution >= 0.6 is 0 Å². The second kappa shape index (κ2) is 11.2. The van der Waals surface area contributed by atoms with E-state index in [1.165, 1.54) is 26.4 Å². The van der Waals surface area contributed by atoms with Crippen molar-refractivity contribution in [3.05, 3.63) is 124 Å². The topological polar surface area (TPSA) is 73.0 Å². The van der Waals surface area contributed by atoms with Crippen LogP contribution in [0.15, 0.2) is 96.2 Å². The molecule has 46 heavy (non-hydrogen) atoms. The van der Waals surface area contributed by atoms with Gasteiger partial charge in [-0.3, -0.25) is 0 Å². The Bertz CT molecular complexity index is 2020. The number of methoxy groups -OCH3 is 2. The van der Waals surface area contributed by atoms with Crippen molar-refractivity contribution in [3.8, 4) is 34.9 Å². The Kier molecular flexibility index (Phi) is 7.37. The van der Waals surface area contributed by atoms with E-state index in [2.05, 4.69) is 25.6 Å². The molecule has 3 heterocycles. The molecule has 0 fully saturated rings. The summed E-state index contributed by atoms with van der Waals surface area (Å²) in [5.41, 5.74) is 1.78. The van der Waals surface area contributed by atoms with Crippen molar-refractivity contribution in [2.45, 2.75) is 32.4 Å². The summed E-state index contributed by atoms with van der Waals surface area (Å²) in [4.78, 5) is 3.56. The number of nitriles is 1. The molecule has 8 nitrogen and oxygen atoms in total. The maximum atomic E-state index is 17.1. The van der Waals surface area contributed by atoms with Crippen LogP contribution in [0.4, 0.5) is 14.5 Å². The highest BCUT2D eigenvalue weighted by molar-refractivity contribution is 6.00. The molecule has 2 aliphatic rings. The number of nitrogens with zero attached hydrogens (tertiary/aromatic N) is 4. The van der Waals surface area contributed by atoms with Gasteiger partial charge in [-0.15, -0.1) is 8.78 Å². The maximum absolute atomic E-state index is 17.1. The highest BCUT2D eigenvalue weighted by atomic mass is 19.3. The van der Waals surface area contributed by atoms with Crippen molar-refractivity contribution in [3.63, 3.8) is 0 Å². The minimum atomic E-state index is -3.87. The number of aromatic nitrogens is 1. The summed E-state index contributed by atoms with van der Waals surface area (Å²) in [6.07, 6.45) is -2.49. The van der Waals surface area contributed by atoms with Crippen molar-refractivity contribution >= 4 is 17.2 Å². The van der Waals surface area contributed by atoms with Crippen LogP contribution in [-0.4, -0.2) is 29.3 Å². The Balaban J connectivity index is 1.61. The third-order valence-electron chi connectivity index (χ3n) is 7.77. The van der Waals surface area contributed by atoms with E-state index in [0.29, 0.717) is 31.8 Å². The lowest BCUT2D eigenvalue weighted by molar-refractivity contribution is -0.678. The minimum Gasteiger partial charge on any atom is -0.497 e. The lowest BCUT2D eigenvalue weighted by Gasteiger charge is -2.26. The van der Waals surface area contributed by atoms with Crippen molar-refractivity contribution in [1.82, 2.24) is 4.57 Å². The molecule has 0 saturated heterocycles. The van der Waals surface area contributed by atoms with Crippen LogP contribution in [0.3, 0.4) is 0 Å². The predicted molar refractivity (Wildman–Crippen MR) is 168 cm³/mol. The third-order valence-corrected chi connectivity index (χ3v) is 7.77. The molecule has 1 aromatic heterocycles. The van der Waals surface area contributed by atoms with Gasteiger partial charge < -0.3 is 18.9 Å². The predicted octanol–water partition coefficient (Wildman–Crippen LogP) is 8.38. The number of alkyl halides is 2. The van der Waals surface area contributed by atoms with Gasteiger partial charge in [0.25, 0.3) is 0 Å². The quantitative estimate of drug-likeness (QED) is 0.123. The van der Waals surface area contributed by atoms with Gasteiger partial charge in [-0.05, 0) is 71.1 Å². The van der Waals surface area contributed by atoms with Crippen molar-refractivity contribution in [1.29, 1.82) is 5.26 Å². The number of allylic oxidation sites excluding steroid dienone is 1. The molecular formula is C36H29F2N4O4+. The largest absolute Gasteiger partial charge is 0.570 e. The SMILES string of the molecule is [C-]#[N+]c1cc2n(c1Oc1ccc(OC)cc1)C(F)(F)[N+]1=C(Oc3ccc(OC)cc3)C(C#N)=CC1=C2c1ccc(C(C)(C)C)cc1. The van der Waals surface area contributed by atoms with Crippen molar-refractivity contribution in [2.24, 2.45) is 0 Å². The van der Waals surface area contributed by atoms with Gasteiger partial charge in [-0.2, -0.15) is 9.83 Å². The van der Waals surface area contributed by atoms with E-state index in [1.54, 1.807) is 48.5 Å². The molecule has 0 amide bonds. The smallest absolute Gasteiger partial charge is 0.497 e. The summed E-state index contributed by atoms with van der Waals surface area (Å²) in [6, 6.07) is 23.8. The first-order chi connectivity index (χ1) is 22.0. The number of hydrogen-bond acceptors (Lipinski definition) is 5. The van der Waals surface area contributed by atoms with Gasteiger partial charge in [0.2, 0.25) is 17.3 Å². The highest BCUT2D eigenvalue weighted by Crippen LogP contribution is 2.51. The highest BCUT2D eigenvalue weighted by Gasteiger charge is 2.60. The van der Waals surface area contributed by atoms with Crippen LogP contribution in [0, 0.1) is 17.9 Å². The second-order valence-electron chi connectivity index (χ2n) is 11.6. The second-order valence-corrected chi connectivity index (χ2v) is 11.6. The molecular weight excluding hydrogens is 590 g/mol. The van der Waals surface area contributed by atoms with Gasteiger partial charge in [-0.1, -0.05) is 49.6 Å². The fourth-order valence-electron chi connectivity index (χ4n) is 5.41. The van der Waals surface area contributed by atoms with E-state index >= 15 is 8.78 Å². The molecule has 6 rings (SSSR count). The molecule has 0 N–H and O–H groups in total. The number of halogens is 2. The zero-order valence-electron chi connectivity index (χ0n) is 25.8. The van der Waals surface area contributed by atoms with Crippen LogP contribution in [0.5, 0.6) is 28.9 Å². The van der Waals surface area contributed by atoms with Crippen molar-refractivity contribution in [2.75, 3.05) is 14.2 Å². The lowest BCUT2D eigenvalue weighted by Crippen LogP contribution is -2.43. The number of fused-ring (bicyclic) bond motifs is 2. The van der Waals surface area contributed by atoms with Crippen molar-refractivity contribution < 1.29 is 32.3 Å². The Morgan fingerprint density at radius 3 is 1.89 bits per heavy atom. The standard InChI is InChI=1S/C36H29F2N4O4/c1-35(2,3)24-9-7-22(8-10-24)32-30-19-23(21-39)33(45-27-15-11-25(43-5)12-16-27)41(30)36(37,38)42-31(32)20-29(40-4)34(42)46-28-17-13-26(44-6)14-18-28/h7-20H,1-3,5-6H3/q+1. The molecule has 0 spiro atoms. The van der Waals surface area contributed by atoms with Gasteiger partial charge in [0.15, 0.2) is 5.57 Å². The molecule has 0 atom stereocenters. The van der Waals surface area contributed by atoms with Crippen LogP contribution in [0.25, 0.3) is 10.4 Å². The molecule has 0 aliphatic carbocycles. The van der Waals surface area contributed by atoms with E-state index in [-0.39, 0.29) is 51.3 Å². The van der Waals surface area contributed by atoms with Crippen LogP contribution in [0.1, 0.15) is 37.6 Å². The summed E-state index contributed by atoms with van der Waals surface area (Å²) >= 11 is 0. The zero-order chi connectivity index (χ0) is 32.8. The molecule has 4 aromatic rings. The summed E-state index contributed by atoms with van der Waals surface area (Å²) in [7, 11) is 3.02. The van der Waals surface area contributed by atoms with Gasteiger partial charge in [0, 0.05) is 6.08 Å². The summed E-state index contributed by atoms with van der Waals surface area (Å²) in [6.45, 7) is 14.1. The van der Waals surface area contributed by atoms with E-state index < -0.39 is 6.17 Å². The Labute approximate surface area is 265 Å². The first-order valence-electron chi connectivity index (χ1n) is 14.3. The first kappa shape index (κ1) is 30.2. The van der Waals surface area contributed by atoms with Crippen LogP contribution in [0.2, 0.25) is 0 Å². The van der Waals surface area contributed by atoms with Crippen LogP contribution in [-0.2, 0) is 11.6 Å². The molecule has 0 unspecified atom stereocenters. The number of hydrogen-bond donors (Lipinski definition) is 0. The normalized spacial score (nSPS) is 14.9. The first-order valence-corrected chi connectivity index (χ1v) is 14.3. The molecule has 0 saturated carbocycles. The molecule has 0 bridgehead atoms. The Hall–Kier alpha value is -5.87. The number of ether oxygens (including phenoxy) is 4. The molecule has 230 valence electrons. The van der Waals surface area contributed by atoms with Gasteiger partial charge in [0.1, 0.15) is 29.1 Å². The van der Waals surface area contributed by atoms with Gasteiger partial charge >= 0.3 is 12.1 Å². The van der Waals surface area contributed by atoms with E-state index in [4.69, 9.17) is 25.5 Å². The molecule has 3 aromatic carbocycles. The zero-order valence-corrected chi connectivity index (χ0v) is 25.8. The molecule has 2 aliphatic heterocycles. The summed E-state index contributed by atoms with van der Waals surface area (Å²) in [5.74, 6) is 0.821. The fourth-order valence-corrected chi connectivity index (χ4v) is 5.41.